The van der Waals surface area contributed by atoms with Crippen LogP contribution in [0.5, 0.6) is 0 Å². The first-order chi connectivity index (χ1) is 6.95. The third-order valence-electron chi connectivity index (χ3n) is 1.59. The molecule has 0 saturated heterocycles. The fourth-order valence-corrected chi connectivity index (χ4v) is 1.61. The van der Waals surface area contributed by atoms with Gasteiger partial charge in [-0.15, -0.1) is 5.10 Å². The number of methoxy groups -OCH3 is 1. The number of H-pyrrole nitrogens is 1. The first-order valence-corrected chi connectivity index (χ1v) is 5.06. The molecular formula is C7H12N4O3S. The normalized spacial score (nSPS) is 14.6. The topological polar surface area (TPSA) is 114 Å². The van der Waals surface area contributed by atoms with Crippen LogP contribution >= 0.6 is 11.8 Å². The van der Waals surface area contributed by atoms with Gasteiger partial charge in [0.1, 0.15) is 0 Å². The summed E-state index contributed by atoms with van der Waals surface area (Å²) in [5, 5.41) is 16.2. The van der Waals surface area contributed by atoms with Crippen molar-refractivity contribution in [3.05, 3.63) is 0 Å². The molecule has 0 aliphatic carbocycles. The van der Waals surface area contributed by atoms with Crippen LogP contribution in [0.4, 0.5) is 5.95 Å². The van der Waals surface area contributed by atoms with Crippen molar-refractivity contribution >= 4 is 23.7 Å². The number of carbonyl (C=O) groups excluding carboxylic acids is 1. The van der Waals surface area contributed by atoms with Gasteiger partial charge in [-0.05, 0) is 6.92 Å². The molecule has 0 spiro atoms. The molecule has 1 aromatic rings. The lowest BCUT2D eigenvalue weighted by Crippen LogP contribution is -2.38. The second-order valence-electron chi connectivity index (χ2n) is 3.06. The molecule has 4 N–H and O–H groups in total. The number of hydrogen-bond acceptors (Lipinski definition) is 7. The predicted molar refractivity (Wildman–Crippen MR) is 54.2 cm³/mol. The van der Waals surface area contributed by atoms with E-state index in [4.69, 9.17) is 5.73 Å². The Balaban J connectivity index is 2.53. The summed E-state index contributed by atoms with van der Waals surface area (Å²) in [5.74, 6) is -0.412. The van der Waals surface area contributed by atoms with Gasteiger partial charge in [0.05, 0.1) is 7.11 Å². The number of anilines is 1. The highest BCUT2D eigenvalue weighted by atomic mass is 32.2. The number of esters is 1. The van der Waals surface area contributed by atoms with Crippen LogP contribution in [0.15, 0.2) is 5.16 Å². The van der Waals surface area contributed by atoms with E-state index in [1.54, 1.807) is 0 Å². The molecule has 0 radical (unpaired) electrons. The summed E-state index contributed by atoms with van der Waals surface area (Å²) in [5.41, 5.74) is 3.75. The van der Waals surface area contributed by atoms with Crippen molar-refractivity contribution in [1.29, 1.82) is 0 Å². The van der Waals surface area contributed by atoms with E-state index in [0.29, 0.717) is 5.16 Å². The molecule has 1 unspecified atom stereocenters. The van der Waals surface area contributed by atoms with Gasteiger partial charge < -0.3 is 15.6 Å². The fraction of sp³-hybridized carbons (Fsp3) is 0.571. The van der Waals surface area contributed by atoms with Gasteiger partial charge in [-0.1, -0.05) is 11.8 Å². The molecule has 0 amide bonds. The molecule has 1 heterocycles. The second kappa shape index (κ2) is 4.49. The maximum Gasteiger partial charge on any atom is 0.338 e. The Morgan fingerprint density at radius 2 is 2.47 bits per heavy atom. The molecule has 0 aliphatic heterocycles. The van der Waals surface area contributed by atoms with Gasteiger partial charge in [-0.25, -0.2) is 9.89 Å². The number of nitrogens with zero attached hydrogens (tertiary/aromatic N) is 2. The van der Waals surface area contributed by atoms with Crippen LogP contribution in [-0.2, 0) is 9.53 Å². The molecule has 1 rings (SSSR count). The van der Waals surface area contributed by atoms with Crippen molar-refractivity contribution in [3.63, 3.8) is 0 Å². The van der Waals surface area contributed by atoms with Crippen LogP contribution in [0.2, 0.25) is 0 Å². The Labute approximate surface area is 90.4 Å². The third-order valence-corrected chi connectivity index (χ3v) is 2.74. The smallest absolute Gasteiger partial charge is 0.338 e. The first kappa shape index (κ1) is 11.8. The highest BCUT2D eigenvalue weighted by Gasteiger charge is 2.31. The standard InChI is InChI=1S/C7H12N4O3S/c1-7(13,4(12)14-2)3-15-6-9-5(8)10-11-6/h13H,3H2,1-2H3,(H3,8,9,10,11). The molecule has 7 nitrogen and oxygen atoms in total. The van der Waals surface area contributed by atoms with Crippen molar-refractivity contribution in [3.8, 4) is 0 Å². The minimum absolute atomic E-state index is 0.0942. The van der Waals surface area contributed by atoms with E-state index in [2.05, 4.69) is 19.9 Å². The number of thioether (sulfide) groups is 1. The number of nitrogens with two attached hydrogens (primary N) is 1. The molecule has 0 fully saturated rings. The number of aromatic amines is 1. The van der Waals surface area contributed by atoms with E-state index in [0.717, 1.165) is 11.8 Å². The van der Waals surface area contributed by atoms with E-state index in [1.807, 2.05) is 0 Å². The number of nitrogens with one attached hydrogen (secondary N) is 1. The first-order valence-electron chi connectivity index (χ1n) is 4.07. The van der Waals surface area contributed by atoms with Gasteiger partial charge in [0.2, 0.25) is 11.1 Å². The van der Waals surface area contributed by atoms with Crippen LogP contribution in [0, 0.1) is 0 Å². The van der Waals surface area contributed by atoms with Crippen molar-refractivity contribution in [2.24, 2.45) is 0 Å². The average Bonchev–Trinajstić information content (AvgIpc) is 2.60. The van der Waals surface area contributed by atoms with Crippen molar-refractivity contribution in [1.82, 2.24) is 15.2 Å². The summed E-state index contributed by atoms with van der Waals surface area (Å²) >= 11 is 1.11. The maximum atomic E-state index is 11.1. The number of nitrogen functional groups attached to an aromatic ring is 1. The zero-order valence-corrected chi connectivity index (χ0v) is 9.17. The minimum atomic E-state index is -1.56. The van der Waals surface area contributed by atoms with Gasteiger partial charge in [0.15, 0.2) is 5.60 Å². The average molecular weight is 232 g/mol. The monoisotopic (exact) mass is 232 g/mol. The van der Waals surface area contributed by atoms with Crippen LogP contribution in [0.1, 0.15) is 6.92 Å². The lowest BCUT2D eigenvalue weighted by Gasteiger charge is -2.18. The Morgan fingerprint density at radius 1 is 1.80 bits per heavy atom. The lowest BCUT2D eigenvalue weighted by atomic mass is 10.1. The Hall–Kier alpha value is -1.28. The number of hydrogen-bond donors (Lipinski definition) is 3. The van der Waals surface area contributed by atoms with Gasteiger partial charge in [0, 0.05) is 5.75 Å². The molecule has 0 aliphatic rings. The highest BCUT2D eigenvalue weighted by molar-refractivity contribution is 7.99. The molecule has 84 valence electrons. The van der Waals surface area contributed by atoms with Crippen LogP contribution in [0.3, 0.4) is 0 Å². The molecule has 1 aromatic heterocycles. The predicted octanol–water partition coefficient (Wildman–Crippen LogP) is -0.597. The van der Waals surface area contributed by atoms with Crippen molar-refractivity contribution in [2.75, 3.05) is 18.6 Å². The Bertz CT molecular complexity index is 352. The van der Waals surface area contributed by atoms with Gasteiger partial charge >= 0.3 is 5.97 Å². The van der Waals surface area contributed by atoms with Gasteiger partial charge in [0.25, 0.3) is 0 Å². The molecule has 1 atom stereocenters. The molecule has 0 aromatic carbocycles. The summed E-state index contributed by atoms with van der Waals surface area (Å²) in [6, 6.07) is 0. The number of rotatable bonds is 4. The number of ether oxygens (including phenoxy) is 1. The zero-order chi connectivity index (χ0) is 11.5. The number of carbonyl (C=O) groups is 1. The van der Waals surface area contributed by atoms with E-state index >= 15 is 0 Å². The second-order valence-corrected chi connectivity index (χ2v) is 4.00. The summed E-state index contributed by atoms with van der Waals surface area (Å²) in [4.78, 5) is 14.9. The van der Waals surface area contributed by atoms with E-state index in [1.165, 1.54) is 14.0 Å². The van der Waals surface area contributed by atoms with Crippen LogP contribution < -0.4 is 5.73 Å². The van der Waals surface area contributed by atoms with Gasteiger partial charge in [-0.2, -0.15) is 4.98 Å². The number of aliphatic hydroxyl groups is 1. The summed E-state index contributed by atoms with van der Waals surface area (Å²) < 4.78 is 4.43. The lowest BCUT2D eigenvalue weighted by molar-refractivity contribution is -0.158. The summed E-state index contributed by atoms with van der Waals surface area (Å²) in [6.07, 6.45) is 0. The van der Waals surface area contributed by atoms with E-state index < -0.39 is 11.6 Å². The Morgan fingerprint density at radius 3 is 2.93 bits per heavy atom. The summed E-state index contributed by atoms with van der Waals surface area (Å²) in [7, 11) is 1.21. The van der Waals surface area contributed by atoms with Gasteiger partial charge in [-0.3, -0.25) is 0 Å². The fourth-order valence-electron chi connectivity index (χ4n) is 0.807. The third kappa shape index (κ3) is 3.10. The molecule has 8 heteroatoms. The largest absolute Gasteiger partial charge is 0.467 e. The quantitative estimate of drug-likeness (QED) is 0.469. The zero-order valence-electron chi connectivity index (χ0n) is 8.35. The molecule has 15 heavy (non-hydrogen) atoms. The number of aromatic nitrogens is 3. The highest BCUT2D eigenvalue weighted by Crippen LogP contribution is 2.20. The minimum Gasteiger partial charge on any atom is -0.467 e. The van der Waals surface area contributed by atoms with Crippen molar-refractivity contribution in [2.45, 2.75) is 17.7 Å². The van der Waals surface area contributed by atoms with E-state index in [-0.39, 0.29) is 11.7 Å². The molecule has 0 bridgehead atoms. The van der Waals surface area contributed by atoms with Crippen LogP contribution in [0.25, 0.3) is 0 Å². The molecular weight excluding hydrogens is 220 g/mol. The molecule has 0 saturated carbocycles. The van der Waals surface area contributed by atoms with E-state index in [9.17, 15) is 9.90 Å². The Kier molecular flexibility index (Phi) is 3.53. The van der Waals surface area contributed by atoms with Crippen molar-refractivity contribution < 1.29 is 14.6 Å². The van der Waals surface area contributed by atoms with Crippen LogP contribution in [-0.4, -0.2) is 44.7 Å². The maximum absolute atomic E-state index is 11.1. The summed E-state index contributed by atoms with van der Waals surface area (Å²) in [6.45, 7) is 1.36. The SMILES string of the molecule is COC(=O)C(C)(O)CSc1n[nH]c(N)n1.